The highest BCUT2D eigenvalue weighted by atomic mass is 16.6. The molecule has 224 valence electrons. The lowest BCUT2D eigenvalue weighted by atomic mass is 9.91. The fourth-order valence-electron chi connectivity index (χ4n) is 6.06. The van der Waals surface area contributed by atoms with Gasteiger partial charge in [-0.15, -0.1) is 0 Å². The molecule has 3 saturated heterocycles. The molecule has 0 bridgehead atoms. The number of rotatable bonds is 8. The first-order valence-electron chi connectivity index (χ1n) is 14.7. The summed E-state index contributed by atoms with van der Waals surface area (Å²) < 4.78 is 13.0. The fraction of sp³-hybridized carbons (Fsp3) is 0.741. The summed E-state index contributed by atoms with van der Waals surface area (Å²) in [6.45, 7) is 3.17. The lowest BCUT2D eigenvalue weighted by Crippen LogP contribution is -2.43. The Labute approximate surface area is 238 Å². The lowest BCUT2D eigenvalue weighted by Gasteiger charge is -2.32. The predicted octanol–water partition coefficient (Wildman–Crippen LogP) is 0.182. The van der Waals surface area contributed by atoms with Crippen LogP contribution in [0.1, 0.15) is 57.0 Å². The van der Waals surface area contributed by atoms with E-state index >= 15 is 0 Å². The molecule has 4 aliphatic rings. The van der Waals surface area contributed by atoms with E-state index in [-0.39, 0.29) is 24.1 Å². The molecule has 1 aliphatic carbocycles. The number of nitrogen functional groups attached to an aromatic ring is 1. The van der Waals surface area contributed by atoms with Gasteiger partial charge in [0.25, 0.3) is 5.91 Å². The van der Waals surface area contributed by atoms with Crippen molar-refractivity contribution in [2.24, 2.45) is 5.92 Å². The Morgan fingerprint density at radius 2 is 1.90 bits per heavy atom. The molecule has 1 saturated carbocycles. The number of nitrogens with two attached hydrogens (primary N) is 1. The lowest BCUT2D eigenvalue weighted by molar-refractivity contribution is -0.137. The van der Waals surface area contributed by atoms with Crippen molar-refractivity contribution >= 4 is 29.0 Å². The zero-order chi connectivity index (χ0) is 28.7. The van der Waals surface area contributed by atoms with Crippen molar-refractivity contribution in [2.45, 2.75) is 88.1 Å². The van der Waals surface area contributed by atoms with E-state index in [2.05, 4.69) is 25.2 Å². The van der Waals surface area contributed by atoms with Crippen LogP contribution in [0.5, 0.6) is 0 Å². The first-order valence-corrected chi connectivity index (χ1v) is 14.7. The van der Waals surface area contributed by atoms with Gasteiger partial charge in [0.2, 0.25) is 0 Å². The highest BCUT2D eigenvalue weighted by Gasteiger charge is 2.48. The van der Waals surface area contributed by atoms with Gasteiger partial charge < -0.3 is 40.5 Å². The van der Waals surface area contributed by atoms with Gasteiger partial charge in [-0.2, -0.15) is 0 Å². The maximum Gasteiger partial charge on any atom is 0.410 e. The zero-order valence-electron chi connectivity index (χ0n) is 23.4. The summed E-state index contributed by atoms with van der Waals surface area (Å²) in [5.74, 6) is 0.839. The standard InChI is InChI=1S/C27H40N8O6/c1-33-10-9-17(13-33)40-27(39)34-11-7-15(8-12-34)3-2-4-18-31-23(28)19-24(32-18)35(14-29-19)26-21(37)20(36)22(41-26)25(38)30-16-5-6-16/h14-17,20-22,26,36-37H,2-13H2,1H3,(H,30,38)(H2,28,31,32)/t17?,20-,21?,22+,26-/m1/s1. The molecule has 5 atom stereocenters. The third kappa shape index (κ3) is 6.10. The summed E-state index contributed by atoms with van der Waals surface area (Å²) in [7, 11) is 2.04. The van der Waals surface area contributed by atoms with Crippen molar-refractivity contribution in [1.82, 2.24) is 34.6 Å². The number of nitrogens with zero attached hydrogens (tertiary/aromatic N) is 6. The number of amides is 2. The van der Waals surface area contributed by atoms with Gasteiger partial charge in [-0.05, 0) is 57.9 Å². The number of fused-ring (bicyclic) bond motifs is 1. The smallest absolute Gasteiger partial charge is 0.410 e. The van der Waals surface area contributed by atoms with Crippen LogP contribution in [0.2, 0.25) is 0 Å². The van der Waals surface area contributed by atoms with Gasteiger partial charge >= 0.3 is 6.09 Å². The highest BCUT2D eigenvalue weighted by Crippen LogP contribution is 2.33. The van der Waals surface area contributed by atoms with Gasteiger partial charge in [0.1, 0.15) is 29.7 Å². The normalized spacial score (nSPS) is 29.3. The summed E-state index contributed by atoms with van der Waals surface area (Å²) in [4.78, 5) is 42.4. The average Bonchev–Trinajstić information content (AvgIpc) is 3.38. The minimum atomic E-state index is -1.38. The molecule has 5 heterocycles. The topological polar surface area (TPSA) is 181 Å². The van der Waals surface area contributed by atoms with E-state index in [0.29, 0.717) is 42.4 Å². The van der Waals surface area contributed by atoms with Crippen LogP contribution in [0, 0.1) is 5.92 Å². The Morgan fingerprint density at radius 1 is 1.12 bits per heavy atom. The van der Waals surface area contributed by atoms with E-state index in [9.17, 15) is 19.8 Å². The minimum Gasteiger partial charge on any atom is -0.445 e. The van der Waals surface area contributed by atoms with E-state index in [1.165, 1.54) is 10.9 Å². The van der Waals surface area contributed by atoms with Gasteiger partial charge in [0.05, 0.1) is 6.33 Å². The summed E-state index contributed by atoms with van der Waals surface area (Å²) in [6, 6.07) is 0.104. The third-order valence-corrected chi connectivity index (χ3v) is 8.69. The Hall–Kier alpha value is -3.07. The molecule has 14 nitrogen and oxygen atoms in total. The van der Waals surface area contributed by atoms with Gasteiger partial charge in [-0.25, -0.2) is 19.7 Å². The van der Waals surface area contributed by atoms with E-state index in [0.717, 1.165) is 58.0 Å². The molecular weight excluding hydrogens is 532 g/mol. The molecule has 41 heavy (non-hydrogen) atoms. The number of carbonyl (C=O) groups is 2. The molecule has 4 fully saturated rings. The number of aryl methyl sites for hydroxylation is 1. The van der Waals surface area contributed by atoms with Crippen LogP contribution in [-0.4, -0.2) is 115 Å². The van der Waals surface area contributed by atoms with Crippen molar-refractivity contribution in [3.63, 3.8) is 0 Å². The number of anilines is 1. The SMILES string of the molecule is CN1CCC(OC(=O)N2CCC(CCCc3nc(N)c4ncn([C@@H]5O[C@H](C(=O)NC6CC6)[C@H](O)C5O)c4n3)CC2)C1. The predicted molar refractivity (Wildman–Crippen MR) is 146 cm³/mol. The van der Waals surface area contributed by atoms with Crippen molar-refractivity contribution < 1.29 is 29.3 Å². The molecule has 14 heteroatoms. The Morgan fingerprint density at radius 3 is 2.61 bits per heavy atom. The second kappa shape index (κ2) is 11.7. The maximum absolute atomic E-state index is 12.5. The van der Waals surface area contributed by atoms with Crippen molar-refractivity contribution in [3.05, 3.63) is 12.2 Å². The number of likely N-dealkylation sites (tertiary alicyclic amines) is 2. The zero-order valence-corrected chi connectivity index (χ0v) is 23.4. The summed E-state index contributed by atoms with van der Waals surface area (Å²) in [6.07, 6.45) is 3.27. The van der Waals surface area contributed by atoms with Gasteiger partial charge in [-0.3, -0.25) is 9.36 Å². The molecule has 3 aliphatic heterocycles. The van der Waals surface area contributed by atoms with Crippen LogP contribution in [0.25, 0.3) is 11.2 Å². The van der Waals surface area contributed by atoms with Crippen LogP contribution in [-0.2, 0) is 20.7 Å². The Kier molecular flexibility index (Phi) is 7.99. The van der Waals surface area contributed by atoms with Gasteiger partial charge in [0, 0.05) is 38.6 Å². The molecule has 2 aromatic rings. The molecule has 0 aromatic carbocycles. The van der Waals surface area contributed by atoms with Crippen molar-refractivity contribution in [3.8, 4) is 0 Å². The number of aliphatic hydroxyl groups excluding tert-OH is 2. The molecule has 6 rings (SSSR count). The summed E-state index contributed by atoms with van der Waals surface area (Å²) in [5, 5.41) is 24.0. The Bertz CT molecular complexity index is 1260. The van der Waals surface area contributed by atoms with Gasteiger partial charge in [0.15, 0.2) is 23.8 Å². The molecule has 0 spiro atoms. The van der Waals surface area contributed by atoms with Crippen LogP contribution >= 0.6 is 0 Å². The number of nitrogens with one attached hydrogen (secondary N) is 1. The maximum atomic E-state index is 12.5. The molecule has 5 N–H and O–H groups in total. The minimum absolute atomic E-state index is 0.00637. The molecule has 2 aromatic heterocycles. The number of aliphatic hydroxyl groups is 2. The fourth-order valence-corrected chi connectivity index (χ4v) is 6.06. The molecular formula is C27H40N8O6. The Balaban J connectivity index is 1.02. The largest absolute Gasteiger partial charge is 0.445 e. The number of likely N-dealkylation sites (N-methyl/N-ethyl adjacent to an activating group) is 1. The number of hydrogen-bond donors (Lipinski definition) is 4. The number of hydrogen-bond acceptors (Lipinski definition) is 11. The number of piperidine rings is 1. The van der Waals surface area contributed by atoms with Crippen LogP contribution < -0.4 is 11.1 Å². The second-order valence-corrected chi connectivity index (χ2v) is 11.9. The van der Waals surface area contributed by atoms with Gasteiger partial charge in [-0.1, -0.05) is 0 Å². The van der Waals surface area contributed by atoms with Crippen LogP contribution in [0.15, 0.2) is 6.33 Å². The van der Waals surface area contributed by atoms with E-state index in [1.807, 2.05) is 11.9 Å². The van der Waals surface area contributed by atoms with E-state index in [1.54, 1.807) is 0 Å². The van der Waals surface area contributed by atoms with Crippen molar-refractivity contribution in [1.29, 1.82) is 0 Å². The number of aromatic nitrogens is 4. The number of carbonyl (C=O) groups excluding carboxylic acids is 2. The first-order chi connectivity index (χ1) is 19.8. The average molecular weight is 573 g/mol. The number of imidazole rings is 1. The van der Waals surface area contributed by atoms with Crippen LogP contribution in [0.4, 0.5) is 10.6 Å². The molecule has 0 radical (unpaired) electrons. The third-order valence-electron chi connectivity index (χ3n) is 8.69. The molecule has 2 unspecified atom stereocenters. The quantitative estimate of drug-likeness (QED) is 0.339. The van der Waals surface area contributed by atoms with E-state index < -0.39 is 30.4 Å². The number of ether oxygens (including phenoxy) is 2. The van der Waals surface area contributed by atoms with Crippen LogP contribution in [0.3, 0.4) is 0 Å². The second-order valence-electron chi connectivity index (χ2n) is 11.9. The summed E-state index contributed by atoms with van der Waals surface area (Å²) in [5.41, 5.74) is 6.95. The highest BCUT2D eigenvalue weighted by molar-refractivity contribution is 5.83. The summed E-state index contributed by atoms with van der Waals surface area (Å²) >= 11 is 0. The van der Waals surface area contributed by atoms with Crippen molar-refractivity contribution in [2.75, 3.05) is 39.0 Å². The molecule has 2 amide bonds. The monoisotopic (exact) mass is 572 g/mol. The van der Waals surface area contributed by atoms with E-state index in [4.69, 9.17) is 15.2 Å². The first kappa shape index (κ1) is 28.1.